The summed E-state index contributed by atoms with van der Waals surface area (Å²) in [5.74, 6) is -5.02. The van der Waals surface area contributed by atoms with Crippen LogP contribution in [-0.4, -0.2) is 75.6 Å². The first-order chi connectivity index (χ1) is 18.2. The van der Waals surface area contributed by atoms with Gasteiger partial charge in [-0.05, 0) is 59.8 Å². The maximum atomic E-state index is 12.4. The summed E-state index contributed by atoms with van der Waals surface area (Å²) in [6.07, 6.45) is -6.62. The van der Waals surface area contributed by atoms with E-state index >= 15 is 0 Å². The molecule has 2 aromatic rings. The van der Waals surface area contributed by atoms with Crippen LogP contribution in [-0.2, 0) is 32.2 Å². The number of carbonyl (C=O) groups excluding carboxylic acids is 1. The third-order valence-corrected chi connectivity index (χ3v) is 6.30. The van der Waals surface area contributed by atoms with Gasteiger partial charge >= 0.3 is 24.3 Å². The van der Waals surface area contributed by atoms with Crippen LogP contribution in [0.4, 0.5) is 26.3 Å². The summed E-state index contributed by atoms with van der Waals surface area (Å²) in [6, 6.07) is 7.90. The zero-order valence-electron chi connectivity index (χ0n) is 20.1. The van der Waals surface area contributed by atoms with Crippen molar-refractivity contribution >= 4 is 29.2 Å². The average Bonchev–Trinajstić information content (AvgIpc) is 3.52. The van der Waals surface area contributed by atoms with Gasteiger partial charge in [-0.3, -0.25) is 14.7 Å². The number of piperidine rings is 1. The second-order valence-electron chi connectivity index (χ2n) is 8.46. The molecule has 0 unspecified atom stereocenters. The number of aliphatic carboxylic acids is 2. The lowest BCUT2D eigenvalue weighted by Gasteiger charge is -2.33. The van der Waals surface area contributed by atoms with Crippen LogP contribution < -0.4 is 5.32 Å². The lowest BCUT2D eigenvalue weighted by molar-refractivity contribution is -0.193. The van der Waals surface area contributed by atoms with Crippen molar-refractivity contribution < 1.29 is 55.7 Å². The normalized spacial score (nSPS) is 20.9. The maximum Gasteiger partial charge on any atom is 0.490 e. The van der Waals surface area contributed by atoms with Gasteiger partial charge in [0.2, 0.25) is 5.91 Å². The topological polar surface area (TPSA) is 129 Å². The number of carboxylic acids is 2. The number of carbonyl (C=O) groups is 3. The lowest BCUT2D eigenvalue weighted by Crippen LogP contribution is -2.42. The summed E-state index contributed by atoms with van der Waals surface area (Å²) in [4.78, 5) is 36.9. The minimum Gasteiger partial charge on any atom is -0.475 e. The molecule has 3 atom stereocenters. The molecule has 0 bridgehead atoms. The van der Waals surface area contributed by atoms with Gasteiger partial charge in [-0.25, -0.2) is 9.59 Å². The lowest BCUT2D eigenvalue weighted by atomic mass is 9.91. The van der Waals surface area contributed by atoms with Crippen molar-refractivity contribution in [2.45, 2.75) is 50.5 Å². The minimum atomic E-state index is -5.08. The first-order valence-electron chi connectivity index (χ1n) is 11.3. The molecule has 4 heterocycles. The second kappa shape index (κ2) is 14.2. The van der Waals surface area contributed by atoms with E-state index in [0.29, 0.717) is 12.5 Å². The molecular weight excluding hydrogens is 560 g/mol. The molecule has 2 aromatic heterocycles. The Hall–Kier alpha value is -3.24. The molecular formula is C23H25F6N3O6S. The number of amides is 1. The molecule has 16 heteroatoms. The highest BCUT2D eigenvalue weighted by Gasteiger charge is 2.42. The van der Waals surface area contributed by atoms with Gasteiger partial charge in [0, 0.05) is 19.3 Å². The van der Waals surface area contributed by atoms with Crippen molar-refractivity contribution in [1.82, 2.24) is 15.2 Å². The molecule has 2 saturated heterocycles. The van der Waals surface area contributed by atoms with Crippen molar-refractivity contribution in [1.29, 1.82) is 0 Å². The maximum absolute atomic E-state index is 12.4. The van der Waals surface area contributed by atoms with Gasteiger partial charge in [0.05, 0.1) is 18.3 Å². The van der Waals surface area contributed by atoms with Crippen LogP contribution in [0, 0.1) is 5.92 Å². The van der Waals surface area contributed by atoms with E-state index in [1.165, 1.54) is 5.56 Å². The summed E-state index contributed by atoms with van der Waals surface area (Å²) >= 11 is 1.74. The second-order valence-corrected chi connectivity index (χ2v) is 9.24. The van der Waals surface area contributed by atoms with E-state index in [1.807, 2.05) is 18.2 Å². The van der Waals surface area contributed by atoms with Crippen molar-refractivity contribution in [2.24, 2.45) is 5.92 Å². The Morgan fingerprint density at radius 3 is 2.23 bits per heavy atom. The molecule has 2 fully saturated rings. The molecule has 216 valence electrons. The molecule has 0 aromatic carbocycles. The Kier molecular flexibility index (Phi) is 11.7. The molecule has 9 nitrogen and oxygen atoms in total. The molecule has 2 aliphatic heterocycles. The number of nitrogens with zero attached hydrogens (tertiary/aromatic N) is 2. The number of carboxylic acid groups (broad SMARTS) is 2. The fourth-order valence-corrected chi connectivity index (χ4v) is 4.40. The zero-order valence-corrected chi connectivity index (χ0v) is 20.9. The number of alkyl halides is 6. The van der Waals surface area contributed by atoms with E-state index in [0.717, 1.165) is 38.2 Å². The number of pyridine rings is 1. The largest absolute Gasteiger partial charge is 0.490 e. The van der Waals surface area contributed by atoms with Crippen molar-refractivity contribution in [3.05, 3.63) is 52.5 Å². The van der Waals surface area contributed by atoms with Crippen LogP contribution in [0.5, 0.6) is 0 Å². The molecule has 0 radical (unpaired) electrons. The van der Waals surface area contributed by atoms with Gasteiger partial charge in [0.25, 0.3) is 0 Å². The number of nitrogens with one attached hydrogen (secondary N) is 1. The summed E-state index contributed by atoms with van der Waals surface area (Å²) in [6.45, 7) is 3.44. The Labute approximate surface area is 222 Å². The number of fused-ring (bicyclic) bond motifs is 1. The smallest absolute Gasteiger partial charge is 0.475 e. The van der Waals surface area contributed by atoms with Crippen molar-refractivity contribution in [3.63, 3.8) is 0 Å². The predicted molar refractivity (Wildman–Crippen MR) is 124 cm³/mol. The number of ether oxygens (including phenoxy) is 1. The van der Waals surface area contributed by atoms with Crippen LogP contribution >= 0.6 is 11.3 Å². The minimum absolute atomic E-state index is 0.00978. The Bertz CT molecular complexity index is 1040. The molecule has 1 amide bonds. The van der Waals surface area contributed by atoms with E-state index in [2.05, 4.69) is 32.0 Å². The zero-order chi connectivity index (χ0) is 29.2. The highest BCUT2D eigenvalue weighted by molar-refractivity contribution is 7.07. The average molecular weight is 586 g/mol. The number of hydrogen-bond donors (Lipinski definition) is 3. The van der Waals surface area contributed by atoms with E-state index in [1.54, 1.807) is 17.5 Å². The molecule has 3 N–H and O–H groups in total. The standard InChI is InChI=1S/C19H23N3O2S.2C2HF3O2/c23-19(21-10-16-3-1-2-6-20-16)17-9-15-4-7-22(12-18(15)24-17)11-14-5-8-25-13-14;2*3-2(4,5)1(6)7/h1-3,5-6,8,13,15,17-18H,4,7,9-12H2,(H,21,23);2*(H,6,7)/t15-,17+,18+;;/m0../s1. The highest BCUT2D eigenvalue weighted by Crippen LogP contribution is 2.34. The van der Waals surface area contributed by atoms with E-state index in [-0.39, 0.29) is 18.1 Å². The number of halogens is 6. The third-order valence-electron chi connectivity index (χ3n) is 5.57. The fourth-order valence-electron chi connectivity index (χ4n) is 3.74. The van der Waals surface area contributed by atoms with Crippen molar-refractivity contribution in [2.75, 3.05) is 13.1 Å². The van der Waals surface area contributed by atoms with Gasteiger partial charge in [-0.15, -0.1) is 0 Å². The van der Waals surface area contributed by atoms with Crippen LogP contribution in [0.15, 0.2) is 41.2 Å². The summed E-state index contributed by atoms with van der Waals surface area (Å²) in [5.41, 5.74) is 2.24. The van der Waals surface area contributed by atoms with Crippen LogP contribution in [0.25, 0.3) is 0 Å². The SMILES string of the molecule is O=C(NCc1ccccn1)[C@H]1C[C@@H]2CCN(Cc3ccsc3)C[C@H]2O1.O=C(O)C(F)(F)F.O=C(O)C(F)(F)F. The Balaban J connectivity index is 0.000000317. The quantitative estimate of drug-likeness (QED) is 0.453. The van der Waals surface area contributed by atoms with E-state index in [9.17, 15) is 31.1 Å². The fraction of sp³-hybridized carbons (Fsp3) is 0.478. The molecule has 0 saturated carbocycles. The van der Waals surface area contributed by atoms with Crippen LogP contribution in [0.2, 0.25) is 0 Å². The van der Waals surface area contributed by atoms with Gasteiger partial charge < -0.3 is 20.3 Å². The monoisotopic (exact) mass is 585 g/mol. The summed E-state index contributed by atoms with van der Waals surface area (Å²) < 4.78 is 69.6. The molecule has 0 spiro atoms. The van der Waals surface area contributed by atoms with E-state index < -0.39 is 24.3 Å². The first kappa shape index (κ1) is 32.0. The number of thiophene rings is 1. The molecule has 39 heavy (non-hydrogen) atoms. The number of rotatable bonds is 5. The Morgan fingerprint density at radius 2 is 1.72 bits per heavy atom. The van der Waals surface area contributed by atoms with Crippen LogP contribution in [0.1, 0.15) is 24.1 Å². The van der Waals surface area contributed by atoms with Gasteiger partial charge in [-0.1, -0.05) is 6.07 Å². The summed E-state index contributed by atoms with van der Waals surface area (Å²) in [7, 11) is 0. The predicted octanol–water partition coefficient (Wildman–Crippen LogP) is 3.71. The molecule has 4 rings (SSSR count). The Morgan fingerprint density at radius 1 is 1.08 bits per heavy atom. The first-order valence-corrected chi connectivity index (χ1v) is 12.3. The van der Waals surface area contributed by atoms with E-state index in [4.69, 9.17) is 24.5 Å². The molecule has 2 aliphatic rings. The van der Waals surface area contributed by atoms with Gasteiger partial charge in [0.15, 0.2) is 0 Å². The van der Waals surface area contributed by atoms with Crippen LogP contribution in [0.3, 0.4) is 0 Å². The van der Waals surface area contributed by atoms with Gasteiger partial charge in [-0.2, -0.15) is 37.7 Å². The van der Waals surface area contributed by atoms with Gasteiger partial charge in [0.1, 0.15) is 6.10 Å². The number of likely N-dealkylation sites (tertiary alicyclic amines) is 1. The summed E-state index contributed by atoms with van der Waals surface area (Å²) in [5, 5.41) is 21.5. The number of hydrogen-bond acceptors (Lipinski definition) is 7. The van der Waals surface area contributed by atoms with Crippen molar-refractivity contribution in [3.8, 4) is 0 Å². The molecule has 0 aliphatic carbocycles. The number of aromatic nitrogens is 1. The third kappa shape index (κ3) is 11.2. The highest BCUT2D eigenvalue weighted by atomic mass is 32.1.